The Morgan fingerprint density at radius 2 is 1.59 bits per heavy atom. The van der Waals surface area contributed by atoms with Crippen molar-refractivity contribution in [2.24, 2.45) is 16.3 Å². The van der Waals surface area contributed by atoms with Crippen molar-refractivity contribution in [1.29, 1.82) is 0 Å². The van der Waals surface area contributed by atoms with Gasteiger partial charge in [-0.15, -0.1) is 0 Å². The molecule has 194 valence electrons. The van der Waals surface area contributed by atoms with Gasteiger partial charge in [0.25, 0.3) is 0 Å². The van der Waals surface area contributed by atoms with Crippen LogP contribution in [-0.2, 0) is 10.2 Å². The lowest BCUT2D eigenvalue weighted by atomic mass is 9.63. The number of ketones is 1. The molecule has 3 aromatic rings. The number of hydrogen-bond donors (Lipinski definition) is 0. The number of carbonyl (C=O) groups is 1. The molecule has 6 nitrogen and oxygen atoms in total. The van der Waals surface area contributed by atoms with Crippen LogP contribution < -0.4 is 9.47 Å². The summed E-state index contributed by atoms with van der Waals surface area (Å²) >= 11 is 6.20. The average molecular weight is 520 g/mol. The summed E-state index contributed by atoms with van der Waals surface area (Å²) in [7, 11) is 3.29. The van der Waals surface area contributed by atoms with Crippen LogP contribution in [0.3, 0.4) is 0 Å². The number of benzene rings is 2. The van der Waals surface area contributed by atoms with Crippen LogP contribution in [0.2, 0.25) is 5.02 Å². The van der Waals surface area contributed by atoms with Crippen LogP contribution in [0.5, 0.6) is 11.5 Å². The lowest BCUT2D eigenvalue weighted by Crippen LogP contribution is -2.42. The van der Waals surface area contributed by atoms with Crippen LogP contribution in [-0.4, -0.2) is 35.5 Å². The number of methoxy groups -OCH3 is 2. The Kier molecular flexibility index (Phi) is 6.22. The van der Waals surface area contributed by atoms with E-state index in [1.807, 2.05) is 47.1 Å². The Bertz CT molecular complexity index is 1370. The summed E-state index contributed by atoms with van der Waals surface area (Å²) in [5, 5.41) is 5.80. The monoisotopic (exact) mass is 519 g/mol. The van der Waals surface area contributed by atoms with Crippen molar-refractivity contribution < 1.29 is 14.3 Å². The smallest absolute Gasteiger partial charge is 0.159 e. The molecule has 2 aromatic carbocycles. The quantitative estimate of drug-likeness (QED) is 0.370. The highest BCUT2D eigenvalue weighted by atomic mass is 35.5. The number of halogens is 1. The van der Waals surface area contributed by atoms with E-state index in [2.05, 4.69) is 34.6 Å². The van der Waals surface area contributed by atoms with E-state index in [0.29, 0.717) is 22.9 Å². The molecule has 2 atom stereocenters. The van der Waals surface area contributed by atoms with Crippen molar-refractivity contribution in [3.63, 3.8) is 0 Å². The third kappa shape index (κ3) is 4.56. The Morgan fingerprint density at radius 1 is 0.973 bits per heavy atom. The molecule has 2 aliphatic rings. The SMILES string of the molecule is COc1cc(OC)cc(C2c3c(C(C)(C)C)nn(-c4ccc(Cl)cc4)c3N=C3CC(C)(C)CC(=O)C32)c1. The van der Waals surface area contributed by atoms with Gasteiger partial charge in [-0.3, -0.25) is 4.79 Å². The molecule has 7 heteroatoms. The van der Waals surface area contributed by atoms with Crippen LogP contribution in [0.4, 0.5) is 5.82 Å². The molecule has 0 saturated heterocycles. The minimum atomic E-state index is -0.360. The maximum atomic E-state index is 13.8. The van der Waals surface area contributed by atoms with E-state index in [9.17, 15) is 4.79 Å². The largest absolute Gasteiger partial charge is 0.497 e. The van der Waals surface area contributed by atoms with Crippen molar-refractivity contribution in [2.75, 3.05) is 14.2 Å². The minimum Gasteiger partial charge on any atom is -0.497 e. The lowest BCUT2D eigenvalue weighted by molar-refractivity contribution is -0.124. The van der Waals surface area contributed by atoms with Gasteiger partial charge in [0, 0.05) is 40.1 Å². The van der Waals surface area contributed by atoms with Crippen molar-refractivity contribution in [1.82, 2.24) is 9.78 Å². The molecular formula is C30H34ClN3O3. The Hall–Kier alpha value is -3.12. The number of Topliss-reactive ketones (excluding diaryl/α,β-unsaturated/α-hetero) is 1. The molecule has 0 spiro atoms. The maximum Gasteiger partial charge on any atom is 0.159 e. The fraction of sp³-hybridized carbons (Fsp3) is 0.433. The second kappa shape index (κ2) is 9.02. The molecule has 37 heavy (non-hydrogen) atoms. The van der Waals surface area contributed by atoms with Crippen molar-refractivity contribution in [2.45, 2.75) is 58.8 Å². The van der Waals surface area contributed by atoms with Crippen molar-refractivity contribution in [3.05, 3.63) is 64.3 Å². The van der Waals surface area contributed by atoms with Crippen LogP contribution >= 0.6 is 11.6 Å². The second-order valence-corrected chi connectivity index (χ2v) is 12.3. The number of ether oxygens (including phenoxy) is 2. The first-order valence-electron chi connectivity index (χ1n) is 12.6. The summed E-state index contributed by atoms with van der Waals surface area (Å²) < 4.78 is 13.2. The van der Waals surface area contributed by atoms with Gasteiger partial charge in [0.2, 0.25) is 0 Å². The van der Waals surface area contributed by atoms with Crippen LogP contribution in [0.25, 0.3) is 5.69 Å². The van der Waals surface area contributed by atoms with Crippen molar-refractivity contribution >= 4 is 28.9 Å². The first kappa shape index (κ1) is 25.5. The van der Waals surface area contributed by atoms with E-state index >= 15 is 0 Å². The molecule has 1 aromatic heterocycles. The molecule has 2 unspecified atom stereocenters. The third-order valence-corrected chi connectivity index (χ3v) is 7.58. The molecule has 1 fully saturated rings. The fourth-order valence-electron chi connectivity index (χ4n) is 5.72. The highest BCUT2D eigenvalue weighted by molar-refractivity contribution is 6.30. The number of fused-ring (bicyclic) bond motifs is 2. The van der Waals surface area contributed by atoms with Crippen LogP contribution in [0, 0.1) is 11.3 Å². The standard InChI is InChI=1S/C30H34ClN3O3/c1-29(2,3)27-26-24(17-12-20(36-6)14-21(13-17)37-7)25-22(15-30(4,5)16-23(25)35)32-28(26)34(33-27)19-10-8-18(31)9-11-19/h8-14,24-25H,15-16H2,1-7H3. The molecular weight excluding hydrogens is 486 g/mol. The molecule has 2 heterocycles. The number of rotatable bonds is 4. The van der Waals surface area contributed by atoms with Gasteiger partial charge in [-0.25, -0.2) is 9.67 Å². The van der Waals surface area contributed by atoms with Gasteiger partial charge in [-0.05, 0) is 53.8 Å². The summed E-state index contributed by atoms with van der Waals surface area (Å²) in [5.74, 6) is 1.74. The molecule has 0 N–H and O–H groups in total. The van der Waals surface area contributed by atoms with E-state index in [1.54, 1.807) is 14.2 Å². The van der Waals surface area contributed by atoms with Gasteiger partial charge in [0.1, 0.15) is 17.3 Å². The van der Waals surface area contributed by atoms with Gasteiger partial charge >= 0.3 is 0 Å². The second-order valence-electron chi connectivity index (χ2n) is 11.9. The van der Waals surface area contributed by atoms with E-state index < -0.39 is 0 Å². The molecule has 1 saturated carbocycles. The molecule has 1 aliphatic carbocycles. The Morgan fingerprint density at radius 3 is 2.16 bits per heavy atom. The van der Waals surface area contributed by atoms with Gasteiger partial charge in [0.05, 0.1) is 31.5 Å². The summed E-state index contributed by atoms with van der Waals surface area (Å²) in [6, 6.07) is 13.5. The molecule has 0 bridgehead atoms. The predicted octanol–water partition coefficient (Wildman–Crippen LogP) is 7.06. The van der Waals surface area contributed by atoms with Crippen molar-refractivity contribution in [3.8, 4) is 17.2 Å². The lowest BCUT2D eigenvalue weighted by Gasteiger charge is -2.41. The highest BCUT2D eigenvalue weighted by Crippen LogP contribution is 2.52. The first-order valence-corrected chi connectivity index (χ1v) is 13.0. The third-order valence-electron chi connectivity index (χ3n) is 7.32. The highest BCUT2D eigenvalue weighted by Gasteiger charge is 2.49. The summed E-state index contributed by atoms with van der Waals surface area (Å²) in [6.45, 7) is 10.7. The van der Waals surface area contributed by atoms with E-state index in [1.165, 1.54) is 0 Å². The molecule has 5 rings (SSSR count). The van der Waals surface area contributed by atoms with Gasteiger partial charge < -0.3 is 9.47 Å². The Labute approximate surface area is 223 Å². The average Bonchev–Trinajstić information content (AvgIpc) is 3.21. The van der Waals surface area contributed by atoms with Gasteiger partial charge in [-0.2, -0.15) is 5.10 Å². The molecule has 0 amide bonds. The maximum absolute atomic E-state index is 13.8. The summed E-state index contributed by atoms with van der Waals surface area (Å²) in [5.41, 5.74) is 4.22. The normalized spacial score (nSPS) is 20.6. The van der Waals surface area contributed by atoms with Crippen LogP contribution in [0.15, 0.2) is 47.5 Å². The zero-order valence-corrected chi connectivity index (χ0v) is 23.3. The number of nitrogens with zero attached hydrogens (tertiary/aromatic N) is 3. The predicted molar refractivity (Wildman–Crippen MR) is 147 cm³/mol. The minimum absolute atomic E-state index is 0.154. The first-order chi connectivity index (χ1) is 17.4. The number of aromatic nitrogens is 2. The van der Waals surface area contributed by atoms with E-state index in [0.717, 1.165) is 40.5 Å². The Balaban J connectivity index is 1.85. The summed E-state index contributed by atoms with van der Waals surface area (Å²) in [6.07, 6.45) is 1.26. The zero-order valence-electron chi connectivity index (χ0n) is 22.6. The summed E-state index contributed by atoms with van der Waals surface area (Å²) in [4.78, 5) is 19.0. The topological polar surface area (TPSA) is 65.7 Å². The van der Waals surface area contributed by atoms with E-state index in [4.69, 9.17) is 31.2 Å². The van der Waals surface area contributed by atoms with Crippen LogP contribution in [0.1, 0.15) is 70.2 Å². The molecule has 1 aliphatic heterocycles. The van der Waals surface area contributed by atoms with Gasteiger partial charge in [0.15, 0.2) is 5.82 Å². The molecule has 0 radical (unpaired) electrons. The number of carbonyl (C=O) groups excluding carboxylic acids is 1. The van der Waals surface area contributed by atoms with E-state index in [-0.39, 0.29) is 28.4 Å². The number of aliphatic imine (C=N–C) groups is 1. The van der Waals surface area contributed by atoms with Gasteiger partial charge in [-0.1, -0.05) is 46.2 Å². The fourth-order valence-corrected chi connectivity index (χ4v) is 5.85. The number of hydrogen-bond acceptors (Lipinski definition) is 5. The zero-order chi connectivity index (χ0) is 26.7.